The first kappa shape index (κ1) is 15.5. The molecule has 122 valence electrons. The van der Waals surface area contributed by atoms with Crippen molar-refractivity contribution in [1.82, 2.24) is 25.4 Å². The molecule has 1 aliphatic rings. The van der Waals surface area contributed by atoms with Crippen LogP contribution in [0, 0.1) is 0 Å². The van der Waals surface area contributed by atoms with E-state index in [9.17, 15) is 0 Å². The summed E-state index contributed by atoms with van der Waals surface area (Å²) in [6, 6.07) is 5.87. The maximum Gasteiger partial charge on any atom is 0.191 e. The minimum absolute atomic E-state index is 0.292. The lowest BCUT2D eigenvalue weighted by Crippen LogP contribution is -2.40. The molecule has 0 spiro atoms. The van der Waals surface area contributed by atoms with Crippen LogP contribution >= 0.6 is 0 Å². The number of aliphatic imine (C=N–C) groups is 1. The Morgan fingerprint density at radius 1 is 1.43 bits per heavy atom. The summed E-state index contributed by atoms with van der Waals surface area (Å²) in [5.41, 5.74) is 1.12. The van der Waals surface area contributed by atoms with Gasteiger partial charge in [-0.1, -0.05) is 0 Å². The topological polar surface area (TPSA) is 76.4 Å². The highest BCUT2D eigenvalue weighted by molar-refractivity contribution is 5.79. The average molecular weight is 314 g/mol. The molecule has 1 unspecified atom stereocenters. The van der Waals surface area contributed by atoms with E-state index in [-0.39, 0.29) is 0 Å². The zero-order valence-corrected chi connectivity index (χ0v) is 13.3. The predicted octanol–water partition coefficient (Wildman–Crippen LogP) is 1.11. The first-order chi connectivity index (χ1) is 11.3. The fourth-order valence-corrected chi connectivity index (χ4v) is 2.52. The fourth-order valence-electron chi connectivity index (χ4n) is 2.52. The van der Waals surface area contributed by atoms with E-state index in [0.717, 1.165) is 43.3 Å². The van der Waals surface area contributed by atoms with E-state index < -0.39 is 0 Å². The van der Waals surface area contributed by atoms with Gasteiger partial charge in [0.2, 0.25) is 0 Å². The molecule has 2 aromatic rings. The van der Waals surface area contributed by atoms with E-state index in [4.69, 9.17) is 4.74 Å². The quantitative estimate of drug-likeness (QED) is 0.639. The van der Waals surface area contributed by atoms with E-state index in [1.54, 1.807) is 24.1 Å². The molecular formula is C16H22N6O. The van der Waals surface area contributed by atoms with Gasteiger partial charge in [-0.05, 0) is 36.6 Å². The van der Waals surface area contributed by atoms with Gasteiger partial charge in [-0.3, -0.25) is 4.99 Å². The maximum absolute atomic E-state index is 5.60. The summed E-state index contributed by atoms with van der Waals surface area (Å²) in [4.78, 5) is 8.57. The number of guanidine groups is 1. The van der Waals surface area contributed by atoms with Crippen molar-refractivity contribution in [1.29, 1.82) is 0 Å². The summed E-state index contributed by atoms with van der Waals surface area (Å²) in [5.74, 6) is 1.58. The molecule has 1 saturated heterocycles. The molecule has 23 heavy (non-hydrogen) atoms. The van der Waals surface area contributed by atoms with Crippen molar-refractivity contribution in [3.63, 3.8) is 0 Å². The largest absolute Gasteiger partial charge is 0.376 e. The number of hydrogen-bond donors (Lipinski definition) is 2. The van der Waals surface area contributed by atoms with Crippen LogP contribution in [0.3, 0.4) is 0 Å². The molecule has 0 aromatic carbocycles. The van der Waals surface area contributed by atoms with Crippen molar-refractivity contribution in [2.45, 2.75) is 25.5 Å². The minimum atomic E-state index is 0.292. The zero-order valence-electron chi connectivity index (χ0n) is 13.3. The van der Waals surface area contributed by atoms with E-state index >= 15 is 0 Å². The maximum atomic E-state index is 5.60. The van der Waals surface area contributed by atoms with Crippen molar-refractivity contribution in [2.24, 2.45) is 4.99 Å². The Labute approximate surface area is 135 Å². The van der Waals surface area contributed by atoms with Crippen LogP contribution in [0.4, 0.5) is 0 Å². The first-order valence-electron chi connectivity index (χ1n) is 7.86. The summed E-state index contributed by atoms with van der Waals surface area (Å²) < 4.78 is 7.35. The highest BCUT2D eigenvalue weighted by Crippen LogP contribution is 2.10. The van der Waals surface area contributed by atoms with Gasteiger partial charge in [-0.15, -0.1) is 0 Å². The van der Waals surface area contributed by atoms with Gasteiger partial charge in [0, 0.05) is 45.3 Å². The Balaban J connectivity index is 1.53. The third kappa shape index (κ3) is 4.29. The molecule has 0 radical (unpaired) electrons. The smallest absolute Gasteiger partial charge is 0.191 e. The second kappa shape index (κ2) is 7.73. The third-order valence-electron chi connectivity index (χ3n) is 3.75. The van der Waals surface area contributed by atoms with Crippen LogP contribution in [0.1, 0.15) is 18.4 Å². The molecule has 2 N–H and O–H groups in total. The van der Waals surface area contributed by atoms with Gasteiger partial charge in [0.1, 0.15) is 0 Å². The van der Waals surface area contributed by atoms with E-state index in [2.05, 4.69) is 25.7 Å². The summed E-state index contributed by atoms with van der Waals surface area (Å²) in [7, 11) is 1.77. The Bertz CT molecular complexity index is 634. The number of nitrogens with zero attached hydrogens (tertiary/aromatic N) is 4. The molecule has 2 aromatic heterocycles. The summed E-state index contributed by atoms with van der Waals surface area (Å²) >= 11 is 0. The highest BCUT2D eigenvalue weighted by Gasteiger charge is 2.15. The number of nitrogens with one attached hydrogen (secondary N) is 2. The average Bonchev–Trinajstić information content (AvgIpc) is 3.29. The zero-order chi connectivity index (χ0) is 15.9. The lowest BCUT2D eigenvalue weighted by Gasteiger charge is -2.15. The van der Waals surface area contributed by atoms with E-state index in [0.29, 0.717) is 12.6 Å². The normalized spacial score (nSPS) is 18.1. The number of hydrogen-bond acceptors (Lipinski definition) is 4. The monoisotopic (exact) mass is 314 g/mol. The molecule has 1 fully saturated rings. The van der Waals surface area contributed by atoms with Crippen LogP contribution in [0.25, 0.3) is 5.82 Å². The van der Waals surface area contributed by atoms with Gasteiger partial charge in [-0.25, -0.2) is 9.67 Å². The molecule has 0 bridgehead atoms. The predicted molar refractivity (Wildman–Crippen MR) is 88.5 cm³/mol. The molecule has 1 aliphatic heterocycles. The van der Waals surface area contributed by atoms with Crippen LogP contribution in [0.2, 0.25) is 0 Å². The molecule has 0 saturated carbocycles. The Morgan fingerprint density at radius 3 is 3.13 bits per heavy atom. The highest BCUT2D eigenvalue weighted by atomic mass is 16.5. The van der Waals surface area contributed by atoms with Gasteiger partial charge in [-0.2, -0.15) is 5.10 Å². The van der Waals surface area contributed by atoms with Crippen molar-refractivity contribution in [2.75, 3.05) is 20.2 Å². The number of rotatable bonds is 5. The minimum Gasteiger partial charge on any atom is -0.376 e. The number of ether oxygens (including phenoxy) is 1. The van der Waals surface area contributed by atoms with Gasteiger partial charge in [0.15, 0.2) is 11.8 Å². The van der Waals surface area contributed by atoms with Crippen LogP contribution in [0.15, 0.2) is 41.8 Å². The molecule has 1 atom stereocenters. The Hall–Kier alpha value is -2.41. The van der Waals surface area contributed by atoms with Crippen LogP contribution < -0.4 is 10.6 Å². The fraction of sp³-hybridized carbons (Fsp3) is 0.438. The summed E-state index contributed by atoms with van der Waals surface area (Å²) in [6.07, 6.45) is 7.95. The Morgan fingerprint density at radius 2 is 2.39 bits per heavy atom. The lowest BCUT2D eigenvalue weighted by molar-refractivity contribution is 0.114. The molecule has 0 aliphatic carbocycles. The van der Waals surface area contributed by atoms with Crippen LogP contribution in [-0.2, 0) is 11.3 Å². The molecule has 7 heteroatoms. The van der Waals surface area contributed by atoms with Gasteiger partial charge in [0.05, 0.1) is 6.10 Å². The van der Waals surface area contributed by atoms with Crippen LogP contribution in [-0.4, -0.2) is 47.0 Å². The molecule has 0 amide bonds. The van der Waals surface area contributed by atoms with Gasteiger partial charge in [0.25, 0.3) is 0 Å². The standard InChI is InChI=1S/C16H22N6O/c1-17-16(20-12-14-4-2-9-23-14)19-11-13-5-7-18-15(10-13)22-8-3-6-21-22/h3,5-8,10,14H,2,4,9,11-12H2,1H3,(H2,17,19,20). The van der Waals surface area contributed by atoms with Crippen molar-refractivity contribution in [3.8, 4) is 5.82 Å². The second-order valence-electron chi connectivity index (χ2n) is 5.41. The van der Waals surface area contributed by atoms with Gasteiger partial charge >= 0.3 is 0 Å². The van der Waals surface area contributed by atoms with E-state index in [1.807, 2.05) is 24.4 Å². The van der Waals surface area contributed by atoms with Crippen LogP contribution in [0.5, 0.6) is 0 Å². The summed E-state index contributed by atoms with van der Waals surface area (Å²) in [5, 5.41) is 10.8. The van der Waals surface area contributed by atoms with Crippen molar-refractivity contribution >= 4 is 5.96 Å². The van der Waals surface area contributed by atoms with Crippen molar-refractivity contribution in [3.05, 3.63) is 42.4 Å². The third-order valence-corrected chi connectivity index (χ3v) is 3.75. The number of aromatic nitrogens is 3. The SMILES string of the molecule is CN=C(NCc1ccnc(-n2cccn2)c1)NCC1CCCO1. The first-order valence-corrected chi connectivity index (χ1v) is 7.86. The number of pyridine rings is 1. The van der Waals surface area contributed by atoms with Gasteiger partial charge < -0.3 is 15.4 Å². The second-order valence-corrected chi connectivity index (χ2v) is 5.41. The lowest BCUT2D eigenvalue weighted by atomic mass is 10.2. The molecule has 7 nitrogen and oxygen atoms in total. The van der Waals surface area contributed by atoms with E-state index in [1.165, 1.54) is 0 Å². The molecular weight excluding hydrogens is 292 g/mol. The Kier molecular flexibility index (Phi) is 5.21. The summed E-state index contributed by atoms with van der Waals surface area (Å²) in [6.45, 7) is 2.32. The molecule has 3 heterocycles. The van der Waals surface area contributed by atoms with Crippen molar-refractivity contribution < 1.29 is 4.74 Å². The molecule has 3 rings (SSSR count).